The molecule has 0 saturated heterocycles. The van der Waals surface area contributed by atoms with Crippen LogP contribution in [-0.4, -0.2) is 32.1 Å². The molecule has 0 spiro atoms. The van der Waals surface area contributed by atoms with E-state index in [0.29, 0.717) is 18.8 Å². The lowest BCUT2D eigenvalue weighted by atomic mass is 10.0. The van der Waals surface area contributed by atoms with Crippen LogP contribution in [0.3, 0.4) is 0 Å². The average Bonchev–Trinajstić information content (AvgIpc) is 2.65. The highest BCUT2D eigenvalue weighted by Gasteiger charge is 2.07. The molecular formula is C20H25N3O3. The van der Waals surface area contributed by atoms with Gasteiger partial charge in [-0.25, -0.2) is 4.79 Å². The second-order valence-electron chi connectivity index (χ2n) is 6.14. The van der Waals surface area contributed by atoms with Crippen LogP contribution in [0.2, 0.25) is 0 Å². The summed E-state index contributed by atoms with van der Waals surface area (Å²) in [6.07, 6.45) is 0. The molecule has 2 aromatic carbocycles. The fraction of sp³-hybridized carbons (Fsp3) is 0.300. The van der Waals surface area contributed by atoms with Crippen molar-refractivity contribution in [2.75, 3.05) is 25.5 Å². The van der Waals surface area contributed by atoms with Gasteiger partial charge in [0.15, 0.2) is 0 Å². The van der Waals surface area contributed by atoms with Gasteiger partial charge in [-0.2, -0.15) is 0 Å². The maximum atomic E-state index is 12.0. The Morgan fingerprint density at radius 2 is 1.62 bits per heavy atom. The molecule has 0 heterocycles. The van der Waals surface area contributed by atoms with Gasteiger partial charge in [-0.05, 0) is 35.4 Å². The Hall–Kier alpha value is -3.02. The van der Waals surface area contributed by atoms with E-state index in [2.05, 4.69) is 16.0 Å². The topological polar surface area (TPSA) is 79.5 Å². The smallest absolute Gasteiger partial charge is 0.319 e. The highest BCUT2D eigenvalue weighted by atomic mass is 16.5. The van der Waals surface area contributed by atoms with Crippen molar-refractivity contribution in [3.63, 3.8) is 0 Å². The van der Waals surface area contributed by atoms with Crippen LogP contribution in [0.4, 0.5) is 10.5 Å². The molecule has 0 aliphatic rings. The van der Waals surface area contributed by atoms with E-state index < -0.39 is 0 Å². The summed E-state index contributed by atoms with van der Waals surface area (Å²) in [6, 6.07) is 15.0. The van der Waals surface area contributed by atoms with Crippen molar-refractivity contribution < 1.29 is 14.3 Å². The third-order valence-electron chi connectivity index (χ3n) is 3.76. The van der Waals surface area contributed by atoms with Crippen molar-refractivity contribution in [1.82, 2.24) is 10.6 Å². The molecule has 6 heteroatoms. The molecular weight excluding hydrogens is 330 g/mol. The monoisotopic (exact) mass is 355 g/mol. The molecule has 26 heavy (non-hydrogen) atoms. The van der Waals surface area contributed by atoms with Crippen LogP contribution in [0, 0.1) is 5.92 Å². The first-order valence-corrected chi connectivity index (χ1v) is 8.56. The van der Waals surface area contributed by atoms with E-state index in [4.69, 9.17) is 4.74 Å². The number of hydrogen-bond donors (Lipinski definition) is 3. The Labute approximate surface area is 153 Å². The van der Waals surface area contributed by atoms with Crippen molar-refractivity contribution in [2.24, 2.45) is 5.92 Å². The minimum atomic E-state index is -0.313. The van der Waals surface area contributed by atoms with Crippen LogP contribution in [0.25, 0.3) is 11.1 Å². The summed E-state index contributed by atoms with van der Waals surface area (Å²) in [4.78, 5) is 23.4. The van der Waals surface area contributed by atoms with Gasteiger partial charge in [0.25, 0.3) is 0 Å². The summed E-state index contributed by atoms with van der Waals surface area (Å²) in [5.41, 5.74) is 2.67. The summed E-state index contributed by atoms with van der Waals surface area (Å²) in [5.74, 6) is 0.684. The molecule has 0 bridgehead atoms. The standard InChI is InChI=1S/C20H25N3O3/c1-14(2)19(24)21-10-11-22-20(25)23-17-8-4-6-15(12-17)16-7-5-9-18(13-16)26-3/h4-9,12-14H,10-11H2,1-3H3,(H,21,24)(H2,22,23,25). The zero-order chi connectivity index (χ0) is 18.9. The number of benzene rings is 2. The van der Waals surface area contributed by atoms with Gasteiger partial charge in [0.1, 0.15) is 5.75 Å². The molecule has 3 amide bonds. The van der Waals surface area contributed by atoms with E-state index in [1.54, 1.807) is 7.11 Å². The predicted molar refractivity (Wildman–Crippen MR) is 103 cm³/mol. The average molecular weight is 355 g/mol. The number of amides is 3. The number of nitrogens with one attached hydrogen (secondary N) is 3. The number of ether oxygens (including phenoxy) is 1. The van der Waals surface area contributed by atoms with Gasteiger partial charge >= 0.3 is 6.03 Å². The van der Waals surface area contributed by atoms with Gasteiger partial charge in [-0.15, -0.1) is 0 Å². The minimum absolute atomic E-state index is 0.0294. The summed E-state index contributed by atoms with van der Waals surface area (Å²) in [7, 11) is 1.63. The van der Waals surface area contributed by atoms with Gasteiger partial charge in [0.05, 0.1) is 7.11 Å². The number of hydrogen-bond acceptors (Lipinski definition) is 3. The Morgan fingerprint density at radius 1 is 0.962 bits per heavy atom. The van der Waals surface area contributed by atoms with E-state index in [9.17, 15) is 9.59 Å². The Bertz CT molecular complexity index is 759. The molecule has 0 saturated carbocycles. The molecule has 0 fully saturated rings. The highest BCUT2D eigenvalue weighted by molar-refractivity contribution is 5.90. The second kappa shape index (κ2) is 9.46. The highest BCUT2D eigenvalue weighted by Crippen LogP contribution is 2.25. The van der Waals surface area contributed by atoms with E-state index in [1.165, 1.54) is 0 Å². The second-order valence-corrected chi connectivity index (χ2v) is 6.14. The third kappa shape index (κ3) is 5.81. The molecule has 138 valence electrons. The number of carbonyl (C=O) groups is 2. The SMILES string of the molecule is COc1cccc(-c2cccc(NC(=O)NCCNC(=O)C(C)C)c2)c1. The number of urea groups is 1. The van der Waals surface area contributed by atoms with Gasteiger partial charge in [-0.1, -0.05) is 38.1 Å². The van der Waals surface area contributed by atoms with Crippen LogP contribution in [0.15, 0.2) is 48.5 Å². The largest absolute Gasteiger partial charge is 0.497 e. The molecule has 2 rings (SSSR count). The normalized spacial score (nSPS) is 10.3. The van der Waals surface area contributed by atoms with Crippen LogP contribution in [0.1, 0.15) is 13.8 Å². The lowest BCUT2D eigenvalue weighted by molar-refractivity contribution is -0.123. The number of carbonyl (C=O) groups excluding carboxylic acids is 2. The third-order valence-corrected chi connectivity index (χ3v) is 3.76. The maximum absolute atomic E-state index is 12.0. The molecule has 0 radical (unpaired) electrons. The number of methoxy groups -OCH3 is 1. The Balaban J connectivity index is 1.89. The van der Waals surface area contributed by atoms with Crippen LogP contribution in [0.5, 0.6) is 5.75 Å². The quantitative estimate of drug-likeness (QED) is 0.667. The Morgan fingerprint density at radius 3 is 2.31 bits per heavy atom. The fourth-order valence-electron chi connectivity index (χ4n) is 2.32. The predicted octanol–water partition coefficient (Wildman–Crippen LogP) is 3.26. The summed E-state index contributed by atoms with van der Waals surface area (Å²) in [5, 5.41) is 8.27. The maximum Gasteiger partial charge on any atom is 0.319 e. The minimum Gasteiger partial charge on any atom is -0.497 e. The molecule has 0 aromatic heterocycles. The molecule has 0 atom stereocenters. The molecule has 0 aliphatic heterocycles. The lowest BCUT2D eigenvalue weighted by Gasteiger charge is -2.11. The molecule has 6 nitrogen and oxygen atoms in total. The van der Waals surface area contributed by atoms with Crippen molar-refractivity contribution in [1.29, 1.82) is 0 Å². The van der Waals surface area contributed by atoms with Gasteiger partial charge in [-0.3, -0.25) is 4.79 Å². The van der Waals surface area contributed by atoms with Crippen LogP contribution < -0.4 is 20.7 Å². The molecule has 3 N–H and O–H groups in total. The van der Waals surface area contributed by atoms with Crippen molar-refractivity contribution in [3.8, 4) is 16.9 Å². The first kappa shape index (κ1) is 19.3. The zero-order valence-electron chi connectivity index (χ0n) is 15.3. The number of anilines is 1. The van der Waals surface area contributed by atoms with Crippen LogP contribution in [-0.2, 0) is 4.79 Å². The van der Waals surface area contributed by atoms with Crippen molar-refractivity contribution >= 4 is 17.6 Å². The molecule has 0 aliphatic carbocycles. The first-order valence-electron chi connectivity index (χ1n) is 8.56. The number of rotatable bonds is 7. The molecule has 2 aromatic rings. The summed E-state index contributed by atoms with van der Waals surface area (Å²) >= 11 is 0. The van der Waals surface area contributed by atoms with Gasteiger partial charge in [0, 0.05) is 24.7 Å². The lowest BCUT2D eigenvalue weighted by Crippen LogP contribution is -2.38. The summed E-state index contributed by atoms with van der Waals surface area (Å²) in [6.45, 7) is 4.41. The van der Waals surface area contributed by atoms with Gasteiger partial charge < -0.3 is 20.7 Å². The van der Waals surface area contributed by atoms with E-state index in [0.717, 1.165) is 16.9 Å². The van der Waals surface area contributed by atoms with E-state index >= 15 is 0 Å². The van der Waals surface area contributed by atoms with E-state index in [1.807, 2.05) is 62.4 Å². The van der Waals surface area contributed by atoms with E-state index in [-0.39, 0.29) is 17.9 Å². The van der Waals surface area contributed by atoms with Crippen molar-refractivity contribution in [2.45, 2.75) is 13.8 Å². The Kier molecular flexibility index (Phi) is 7.02. The van der Waals surface area contributed by atoms with Crippen molar-refractivity contribution in [3.05, 3.63) is 48.5 Å². The zero-order valence-corrected chi connectivity index (χ0v) is 15.3. The summed E-state index contributed by atoms with van der Waals surface area (Å²) < 4.78 is 5.25. The van der Waals surface area contributed by atoms with Crippen LogP contribution >= 0.6 is 0 Å². The first-order chi connectivity index (χ1) is 12.5. The fourth-order valence-corrected chi connectivity index (χ4v) is 2.32. The van der Waals surface area contributed by atoms with Gasteiger partial charge in [0.2, 0.25) is 5.91 Å². The molecule has 0 unspecified atom stereocenters.